The fraction of sp³-hybridized carbons (Fsp3) is 0.385. The van der Waals surface area contributed by atoms with E-state index in [0.717, 1.165) is 31.1 Å². The van der Waals surface area contributed by atoms with Crippen LogP contribution in [0.5, 0.6) is 5.75 Å². The van der Waals surface area contributed by atoms with E-state index >= 15 is 0 Å². The highest BCUT2D eigenvalue weighted by atomic mass is 16.5. The second-order valence-electron chi connectivity index (χ2n) is 4.04. The minimum absolute atomic E-state index is 0.725. The van der Waals surface area contributed by atoms with E-state index in [-0.39, 0.29) is 0 Å². The Morgan fingerprint density at radius 3 is 2.72 bits per heavy atom. The van der Waals surface area contributed by atoms with Gasteiger partial charge in [0, 0.05) is 6.54 Å². The zero-order valence-corrected chi connectivity index (χ0v) is 10.8. The molecule has 0 fully saturated rings. The van der Waals surface area contributed by atoms with Gasteiger partial charge in [-0.3, -0.25) is 0 Å². The molecule has 0 saturated heterocycles. The second-order valence-corrected chi connectivity index (χ2v) is 4.04. The third-order valence-corrected chi connectivity index (χ3v) is 2.65. The van der Waals surface area contributed by atoms with Gasteiger partial charge in [0.25, 0.3) is 0 Å². The molecule has 0 saturated carbocycles. The van der Waals surface area contributed by atoms with Crippen molar-refractivity contribution < 1.29 is 4.74 Å². The SMILES string of the molecule is CCNCc1cn(Cc2ccc(OC)cc2)nn1. The molecule has 0 unspecified atom stereocenters. The van der Waals surface area contributed by atoms with Gasteiger partial charge in [0.15, 0.2) is 0 Å². The lowest BCUT2D eigenvalue weighted by molar-refractivity contribution is 0.414. The number of hydrogen-bond donors (Lipinski definition) is 1. The number of hydrogen-bond acceptors (Lipinski definition) is 4. The largest absolute Gasteiger partial charge is 0.497 e. The average Bonchev–Trinajstić information content (AvgIpc) is 2.85. The summed E-state index contributed by atoms with van der Waals surface area (Å²) in [6.45, 7) is 4.50. The summed E-state index contributed by atoms with van der Waals surface area (Å²) in [5.41, 5.74) is 2.14. The fourth-order valence-electron chi connectivity index (χ4n) is 1.67. The van der Waals surface area contributed by atoms with Crippen LogP contribution in [0.4, 0.5) is 0 Å². The minimum atomic E-state index is 0.725. The number of nitrogens with zero attached hydrogens (tertiary/aromatic N) is 3. The zero-order chi connectivity index (χ0) is 12.8. The van der Waals surface area contributed by atoms with Crippen LogP contribution in [0.3, 0.4) is 0 Å². The van der Waals surface area contributed by atoms with Gasteiger partial charge >= 0.3 is 0 Å². The molecule has 0 atom stereocenters. The van der Waals surface area contributed by atoms with Gasteiger partial charge in [0.05, 0.1) is 25.5 Å². The molecular formula is C13H18N4O. The summed E-state index contributed by atoms with van der Waals surface area (Å²) in [7, 11) is 1.67. The normalized spacial score (nSPS) is 10.6. The number of nitrogens with one attached hydrogen (secondary N) is 1. The van der Waals surface area contributed by atoms with Crippen molar-refractivity contribution in [2.75, 3.05) is 13.7 Å². The van der Waals surface area contributed by atoms with E-state index in [1.54, 1.807) is 7.11 Å². The van der Waals surface area contributed by atoms with E-state index in [1.165, 1.54) is 5.56 Å². The van der Waals surface area contributed by atoms with Gasteiger partial charge in [-0.05, 0) is 24.2 Å². The van der Waals surface area contributed by atoms with Crippen molar-refractivity contribution in [3.05, 3.63) is 41.7 Å². The van der Waals surface area contributed by atoms with Crippen LogP contribution in [0, 0.1) is 0 Å². The minimum Gasteiger partial charge on any atom is -0.497 e. The molecule has 2 aromatic rings. The molecule has 2 rings (SSSR count). The maximum atomic E-state index is 5.12. The van der Waals surface area contributed by atoms with E-state index in [0.29, 0.717) is 0 Å². The van der Waals surface area contributed by atoms with Crippen molar-refractivity contribution in [2.24, 2.45) is 0 Å². The van der Waals surface area contributed by atoms with Gasteiger partial charge in [-0.2, -0.15) is 0 Å². The average molecular weight is 246 g/mol. The summed E-state index contributed by atoms with van der Waals surface area (Å²) in [6.07, 6.45) is 1.97. The highest BCUT2D eigenvalue weighted by Gasteiger charge is 2.01. The van der Waals surface area contributed by atoms with Gasteiger partial charge in [-0.15, -0.1) is 5.10 Å². The van der Waals surface area contributed by atoms with Crippen molar-refractivity contribution in [1.82, 2.24) is 20.3 Å². The van der Waals surface area contributed by atoms with Gasteiger partial charge < -0.3 is 10.1 Å². The van der Waals surface area contributed by atoms with Crippen LogP contribution in [-0.2, 0) is 13.1 Å². The third kappa shape index (κ3) is 3.30. The number of rotatable bonds is 6. The third-order valence-electron chi connectivity index (χ3n) is 2.65. The lowest BCUT2D eigenvalue weighted by atomic mass is 10.2. The van der Waals surface area contributed by atoms with Gasteiger partial charge in [-0.1, -0.05) is 24.3 Å². The Morgan fingerprint density at radius 2 is 2.06 bits per heavy atom. The van der Waals surface area contributed by atoms with Crippen LogP contribution in [-0.4, -0.2) is 28.6 Å². The van der Waals surface area contributed by atoms with Gasteiger partial charge in [0.2, 0.25) is 0 Å². The van der Waals surface area contributed by atoms with Gasteiger partial charge in [0.1, 0.15) is 5.75 Å². The van der Waals surface area contributed by atoms with E-state index < -0.39 is 0 Å². The van der Waals surface area contributed by atoms with E-state index in [1.807, 2.05) is 35.1 Å². The molecule has 1 heterocycles. The first-order valence-electron chi connectivity index (χ1n) is 6.04. The molecule has 96 valence electrons. The van der Waals surface area contributed by atoms with E-state index in [9.17, 15) is 0 Å². The summed E-state index contributed by atoms with van der Waals surface area (Å²) in [6, 6.07) is 7.96. The number of aromatic nitrogens is 3. The predicted octanol–water partition coefficient (Wildman–Crippen LogP) is 1.44. The van der Waals surface area contributed by atoms with Crippen LogP contribution in [0.1, 0.15) is 18.2 Å². The molecule has 1 N–H and O–H groups in total. The first kappa shape index (κ1) is 12.6. The standard InChI is InChI=1S/C13H18N4O/c1-3-14-8-12-10-17(16-15-12)9-11-4-6-13(18-2)7-5-11/h4-7,10,14H,3,8-9H2,1-2H3. The first-order valence-corrected chi connectivity index (χ1v) is 6.04. The van der Waals surface area contributed by atoms with Crippen molar-refractivity contribution in [2.45, 2.75) is 20.0 Å². The molecule has 0 aliphatic carbocycles. The summed E-state index contributed by atoms with van der Waals surface area (Å²) >= 11 is 0. The maximum Gasteiger partial charge on any atom is 0.118 e. The Labute approximate surface area is 107 Å². The van der Waals surface area contributed by atoms with Crippen molar-refractivity contribution in [3.63, 3.8) is 0 Å². The number of benzene rings is 1. The zero-order valence-electron chi connectivity index (χ0n) is 10.8. The molecule has 0 aliphatic rings. The molecule has 18 heavy (non-hydrogen) atoms. The molecule has 5 heteroatoms. The highest BCUT2D eigenvalue weighted by molar-refractivity contribution is 5.27. The van der Waals surface area contributed by atoms with Crippen LogP contribution in [0.2, 0.25) is 0 Å². The monoisotopic (exact) mass is 246 g/mol. The first-order chi connectivity index (χ1) is 8.81. The molecule has 1 aromatic heterocycles. The summed E-state index contributed by atoms with van der Waals surface area (Å²) < 4.78 is 6.97. The van der Waals surface area contributed by atoms with Crippen LogP contribution < -0.4 is 10.1 Å². The lowest BCUT2D eigenvalue weighted by Gasteiger charge is -2.03. The van der Waals surface area contributed by atoms with Crippen molar-refractivity contribution in [3.8, 4) is 5.75 Å². The Kier molecular flexibility index (Phi) is 4.30. The molecule has 5 nitrogen and oxygen atoms in total. The quantitative estimate of drug-likeness (QED) is 0.838. The molecule has 1 aromatic carbocycles. The smallest absolute Gasteiger partial charge is 0.118 e. The summed E-state index contributed by atoms with van der Waals surface area (Å²) in [4.78, 5) is 0. The molecule has 0 bridgehead atoms. The van der Waals surface area contributed by atoms with Gasteiger partial charge in [-0.25, -0.2) is 4.68 Å². The molecule has 0 spiro atoms. The summed E-state index contributed by atoms with van der Waals surface area (Å²) in [5.74, 6) is 0.866. The Hall–Kier alpha value is -1.88. The lowest BCUT2D eigenvalue weighted by Crippen LogP contribution is -2.11. The van der Waals surface area contributed by atoms with E-state index in [2.05, 4.69) is 22.6 Å². The maximum absolute atomic E-state index is 5.12. The summed E-state index contributed by atoms with van der Waals surface area (Å²) in [5, 5.41) is 11.4. The van der Waals surface area contributed by atoms with E-state index in [4.69, 9.17) is 4.74 Å². The predicted molar refractivity (Wildman–Crippen MR) is 69.5 cm³/mol. The topological polar surface area (TPSA) is 52.0 Å². The van der Waals surface area contributed by atoms with Crippen LogP contribution >= 0.6 is 0 Å². The van der Waals surface area contributed by atoms with Crippen LogP contribution in [0.25, 0.3) is 0 Å². The number of ether oxygens (including phenoxy) is 1. The van der Waals surface area contributed by atoms with Crippen molar-refractivity contribution >= 4 is 0 Å². The Bertz CT molecular complexity index is 478. The highest BCUT2D eigenvalue weighted by Crippen LogP contribution is 2.12. The van der Waals surface area contributed by atoms with Crippen molar-refractivity contribution in [1.29, 1.82) is 0 Å². The molecular weight excluding hydrogens is 228 g/mol. The molecule has 0 aliphatic heterocycles. The van der Waals surface area contributed by atoms with Crippen LogP contribution in [0.15, 0.2) is 30.5 Å². The Morgan fingerprint density at radius 1 is 1.28 bits per heavy atom. The molecule has 0 amide bonds. The second kappa shape index (κ2) is 6.16. The Balaban J connectivity index is 1.97. The fourth-order valence-corrected chi connectivity index (χ4v) is 1.67. The number of methoxy groups -OCH3 is 1. The molecule has 0 radical (unpaired) electrons.